The lowest BCUT2D eigenvalue weighted by atomic mass is 9.97. The van der Waals surface area contributed by atoms with Gasteiger partial charge in [-0.3, -0.25) is 4.79 Å². The number of anilines is 2. The Kier molecular flexibility index (Phi) is 6.11. The molecular weight excluding hydrogens is 461 g/mol. The first-order valence-corrected chi connectivity index (χ1v) is 10.3. The second-order valence-electron chi connectivity index (χ2n) is 7.42. The van der Waals surface area contributed by atoms with Crippen LogP contribution in [0.2, 0.25) is 5.02 Å². The fraction of sp³-hybridized carbons (Fsp3) is 0.273. The number of methoxy groups -OCH3 is 2. The highest BCUT2D eigenvalue weighted by molar-refractivity contribution is 6.30. The van der Waals surface area contributed by atoms with Crippen molar-refractivity contribution < 1.29 is 27.4 Å². The van der Waals surface area contributed by atoms with Crippen LogP contribution < -0.4 is 20.1 Å². The van der Waals surface area contributed by atoms with Gasteiger partial charge >= 0.3 is 6.18 Å². The maximum Gasteiger partial charge on any atom is 0.410 e. The van der Waals surface area contributed by atoms with Gasteiger partial charge in [0.15, 0.2) is 23.2 Å². The highest BCUT2D eigenvalue weighted by atomic mass is 35.5. The van der Waals surface area contributed by atoms with Gasteiger partial charge in [-0.15, -0.1) is 0 Å². The molecular formula is C22H20ClF3N4O3. The minimum absolute atomic E-state index is 0.0981. The van der Waals surface area contributed by atoms with Crippen LogP contribution in [0.15, 0.2) is 48.5 Å². The molecule has 7 nitrogen and oxygen atoms in total. The van der Waals surface area contributed by atoms with Crippen molar-refractivity contribution >= 4 is 29.0 Å². The molecule has 1 aliphatic heterocycles. The zero-order valence-electron chi connectivity index (χ0n) is 17.6. The summed E-state index contributed by atoms with van der Waals surface area (Å²) in [4.78, 5) is 12.7. The van der Waals surface area contributed by atoms with Gasteiger partial charge in [-0.1, -0.05) is 23.7 Å². The van der Waals surface area contributed by atoms with Crippen molar-refractivity contribution in [3.05, 3.63) is 64.8 Å². The van der Waals surface area contributed by atoms with E-state index >= 15 is 0 Å². The van der Waals surface area contributed by atoms with Crippen LogP contribution in [0, 0.1) is 0 Å². The van der Waals surface area contributed by atoms with Crippen LogP contribution >= 0.6 is 11.6 Å². The number of fused-ring (bicyclic) bond motifs is 1. The van der Waals surface area contributed by atoms with Crippen molar-refractivity contribution in [2.24, 2.45) is 0 Å². The molecule has 1 amide bonds. The Balaban J connectivity index is 1.61. The Hall–Kier alpha value is -3.40. The van der Waals surface area contributed by atoms with E-state index in [1.54, 1.807) is 42.5 Å². The van der Waals surface area contributed by atoms with Crippen LogP contribution in [0.4, 0.5) is 24.7 Å². The first-order chi connectivity index (χ1) is 15.7. The minimum atomic E-state index is -4.55. The molecule has 0 saturated heterocycles. The summed E-state index contributed by atoms with van der Waals surface area (Å²) in [6.45, 7) is 0. The monoisotopic (exact) mass is 480 g/mol. The number of nitrogens with one attached hydrogen (secondary N) is 2. The van der Waals surface area contributed by atoms with E-state index in [-0.39, 0.29) is 17.9 Å². The van der Waals surface area contributed by atoms with E-state index in [1.165, 1.54) is 20.3 Å². The number of nitrogens with zero attached hydrogens (tertiary/aromatic N) is 2. The third-order valence-corrected chi connectivity index (χ3v) is 5.59. The summed E-state index contributed by atoms with van der Waals surface area (Å²) in [5.74, 6) is 0.304. The van der Waals surface area contributed by atoms with Gasteiger partial charge in [0, 0.05) is 29.3 Å². The van der Waals surface area contributed by atoms with Crippen molar-refractivity contribution in [2.75, 3.05) is 24.9 Å². The molecule has 1 aromatic heterocycles. The van der Waals surface area contributed by atoms with Gasteiger partial charge < -0.3 is 20.1 Å². The highest BCUT2D eigenvalue weighted by Gasteiger charge is 2.46. The molecule has 2 unspecified atom stereocenters. The lowest BCUT2D eigenvalue weighted by molar-refractivity contribution is -0.173. The number of alkyl halides is 3. The molecule has 2 N–H and O–H groups in total. The van der Waals surface area contributed by atoms with Crippen LogP contribution in [-0.4, -0.2) is 36.1 Å². The number of hydrogen-bond acceptors (Lipinski definition) is 5. The number of ether oxygens (including phenoxy) is 2. The van der Waals surface area contributed by atoms with Gasteiger partial charge in [0.05, 0.1) is 20.3 Å². The van der Waals surface area contributed by atoms with Gasteiger partial charge in [0.25, 0.3) is 5.91 Å². The minimum Gasteiger partial charge on any atom is -0.493 e. The molecule has 2 atom stereocenters. The predicted octanol–water partition coefficient (Wildman–Crippen LogP) is 5.47. The zero-order valence-corrected chi connectivity index (χ0v) is 18.4. The molecule has 33 heavy (non-hydrogen) atoms. The predicted molar refractivity (Wildman–Crippen MR) is 117 cm³/mol. The van der Waals surface area contributed by atoms with Gasteiger partial charge in [-0.25, -0.2) is 4.68 Å². The van der Waals surface area contributed by atoms with Crippen molar-refractivity contribution in [3.8, 4) is 11.5 Å². The third-order valence-electron chi connectivity index (χ3n) is 5.34. The first-order valence-electron chi connectivity index (χ1n) is 9.91. The summed E-state index contributed by atoms with van der Waals surface area (Å²) in [5, 5.41) is 10.1. The van der Waals surface area contributed by atoms with Crippen molar-refractivity contribution in [2.45, 2.75) is 24.7 Å². The smallest absolute Gasteiger partial charge is 0.410 e. The number of halogens is 4. The second-order valence-corrected chi connectivity index (χ2v) is 7.86. The maximum atomic E-state index is 13.8. The fourth-order valence-electron chi connectivity index (χ4n) is 3.71. The van der Waals surface area contributed by atoms with E-state index < -0.39 is 24.2 Å². The first kappa shape index (κ1) is 22.8. The summed E-state index contributed by atoms with van der Waals surface area (Å²) in [6, 6.07) is 10.1. The SMILES string of the molecule is COc1ccc(NC(=O)c2cc3n(n2)C(C(F)(F)F)CC(c2ccc(Cl)cc2)N3)cc1OC. The summed E-state index contributed by atoms with van der Waals surface area (Å²) in [5.41, 5.74) is 0.874. The molecule has 1 aliphatic rings. The van der Waals surface area contributed by atoms with Crippen LogP contribution in [0.5, 0.6) is 11.5 Å². The van der Waals surface area contributed by atoms with E-state index in [9.17, 15) is 18.0 Å². The molecule has 174 valence electrons. The third kappa shape index (κ3) is 4.70. The zero-order chi connectivity index (χ0) is 23.8. The normalized spacial score (nSPS) is 17.6. The average Bonchev–Trinajstić information content (AvgIpc) is 3.22. The standard InChI is InChI=1S/C22H20ClF3N4O3/c1-32-17-8-7-14(9-18(17)33-2)27-21(31)16-11-20-28-15(12-3-5-13(23)6-4-12)10-19(22(24,25)26)30(20)29-16/h3-9,11,15,19,28H,10H2,1-2H3,(H,27,31). The van der Waals surface area contributed by atoms with Crippen LogP contribution in [0.3, 0.4) is 0 Å². The molecule has 2 heterocycles. The van der Waals surface area contributed by atoms with Crippen molar-refractivity contribution in [1.82, 2.24) is 9.78 Å². The number of hydrogen-bond donors (Lipinski definition) is 2. The van der Waals surface area contributed by atoms with E-state index in [4.69, 9.17) is 21.1 Å². The molecule has 0 fully saturated rings. The quantitative estimate of drug-likeness (QED) is 0.506. The number of carbonyl (C=O) groups excluding carboxylic acids is 1. The topological polar surface area (TPSA) is 77.4 Å². The Morgan fingerprint density at radius 3 is 2.45 bits per heavy atom. The maximum absolute atomic E-state index is 13.8. The number of rotatable bonds is 5. The molecule has 11 heteroatoms. The van der Waals surface area contributed by atoms with E-state index in [0.29, 0.717) is 27.8 Å². The summed E-state index contributed by atoms with van der Waals surface area (Å²) < 4.78 is 52.7. The molecule has 0 saturated carbocycles. The summed E-state index contributed by atoms with van der Waals surface area (Å²) in [6.07, 6.45) is -4.83. The number of carbonyl (C=O) groups is 1. The summed E-state index contributed by atoms with van der Waals surface area (Å²) >= 11 is 5.90. The van der Waals surface area contributed by atoms with Gasteiger partial charge in [-0.05, 0) is 29.8 Å². The van der Waals surface area contributed by atoms with Crippen LogP contribution in [-0.2, 0) is 0 Å². The largest absolute Gasteiger partial charge is 0.493 e. The lowest BCUT2D eigenvalue weighted by Gasteiger charge is -2.33. The second kappa shape index (κ2) is 8.86. The van der Waals surface area contributed by atoms with Crippen molar-refractivity contribution in [1.29, 1.82) is 0 Å². The molecule has 0 bridgehead atoms. The summed E-state index contributed by atoms with van der Waals surface area (Å²) in [7, 11) is 2.93. The number of amides is 1. The van der Waals surface area contributed by atoms with Crippen LogP contribution in [0.1, 0.15) is 34.6 Å². The molecule has 0 spiro atoms. The Morgan fingerprint density at radius 1 is 1.12 bits per heavy atom. The van der Waals surface area contributed by atoms with Gasteiger partial charge in [0.1, 0.15) is 5.82 Å². The lowest BCUT2D eigenvalue weighted by Crippen LogP contribution is -2.35. The Labute approximate surface area is 192 Å². The van der Waals surface area contributed by atoms with Gasteiger partial charge in [-0.2, -0.15) is 18.3 Å². The molecule has 0 aliphatic carbocycles. The Bertz CT molecular complexity index is 1160. The fourth-order valence-corrected chi connectivity index (χ4v) is 3.83. The molecule has 4 rings (SSSR count). The molecule has 2 aromatic carbocycles. The van der Waals surface area contributed by atoms with Crippen molar-refractivity contribution in [3.63, 3.8) is 0 Å². The molecule has 3 aromatic rings. The number of aromatic nitrogens is 2. The van der Waals surface area contributed by atoms with E-state index in [1.807, 2.05) is 0 Å². The molecule has 0 radical (unpaired) electrons. The van der Waals surface area contributed by atoms with E-state index in [2.05, 4.69) is 15.7 Å². The Morgan fingerprint density at radius 2 is 1.82 bits per heavy atom. The van der Waals surface area contributed by atoms with Gasteiger partial charge in [0.2, 0.25) is 0 Å². The van der Waals surface area contributed by atoms with Crippen LogP contribution in [0.25, 0.3) is 0 Å². The highest BCUT2D eigenvalue weighted by Crippen LogP contribution is 2.43. The number of benzene rings is 2. The van der Waals surface area contributed by atoms with E-state index in [0.717, 1.165) is 4.68 Å². The average molecular weight is 481 g/mol.